The lowest BCUT2D eigenvalue weighted by atomic mass is 9.83. The van der Waals surface area contributed by atoms with E-state index in [1.165, 1.54) is 45.2 Å². The van der Waals surface area contributed by atoms with Gasteiger partial charge in [-0.15, -0.1) is 11.6 Å². The monoisotopic (exact) mass is 215 g/mol. The highest BCUT2D eigenvalue weighted by atomic mass is 35.5. The smallest absolute Gasteiger partial charge is 0.0526 e. The Morgan fingerprint density at radius 2 is 2.00 bits per heavy atom. The number of hydrogen-bond acceptors (Lipinski definition) is 1. The van der Waals surface area contributed by atoms with Crippen molar-refractivity contribution in [3.8, 4) is 0 Å². The second-order valence-electron chi connectivity index (χ2n) is 5.48. The number of rotatable bonds is 3. The van der Waals surface area contributed by atoms with E-state index in [1.54, 1.807) is 0 Å². The quantitative estimate of drug-likeness (QED) is 0.654. The van der Waals surface area contributed by atoms with Crippen molar-refractivity contribution in [1.29, 1.82) is 0 Å². The van der Waals surface area contributed by atoms with Crippen molar-refractivity contribution in [3.63, 3.8) is 0 Å². The molecule has 0 bridgehead atoms. The molecule has 0 amide bonds. The largest absolute Gasteiger partial charge is 0.297 e. The number of alkyl halides is 1. The molecule has 1 saturated heterocycles. The summed E-state index contributed by atoms with van der Waals surface area (Å²) in [5, 5.41) is 0.351. The van der Waals surface area contributed by atoms with Gasteiger partial charge in [0.15, 0.2) is 0 Å². The highest BCUT2D eigenvalue weighted by Crippen LogP contribution is 2.35. The summed E-state index contributed by atoms with van der Waals surface area (Å²) in [5.41, 5.74) is 0.227. The van der Waals surface area contributed by atoms with Crippen LogP contribution in [0.25, 0.3) is 0 Å². The fourth-order valence-electron chi connectivity index (χ4n) is 2.63. The van der Waals surface area contributed by atoms with E-state index in [0.29, 0.717) is 5.38 Å². The summed E-state index contributed by atoms with van der Waals surface area (Å²) >= 11 is 6.32. The first kappa shape index (κ1) is 10.8. The van der Waals surface area contributed by atoms with E-state index >= 15 is 0 Å². The maximum Gasteiger partial charge on any atom is 0.0526 e. The van der Waals surface area contributed by atoms with E-state index in [2.05, 4.69) is 18.7 Å². The Labute approximate surface area is 92.8 Å². The summed E-state index contributed by atoms with van der Waals surface area (Å²) in [4.78, 5) is 2.59. The van der Waals surface area contributed by atoms with Crippen molar-refractivity contribution in [1.82, 2.24) is 4.90 Å². The predicted molar refractivity (Wildman–Crippen MR) is 61.9 cm³/mol. The minimum atomic E-state index is 0.227. The maximum atomic E-state index is 6.32. The molecule has 0 spiro atoms. The average Bonchev–Trinajstić information content (AvgIpc) is 2.28. The molecule has 2 rings (SSSR count). The molecule has 0 aromatic heterocycles. The van der Waals surface area contributed by atoms with Crippen LogP contribution in [0.4, 0.5) is 0 Å². The Morgan fingerprint density at radius 1 is 1.29 bits per heavy atom. The van der Waals surface area contributed by atoms with Crippen LogP contribution in [-0.2, 0) is 0 Å². The number of hydrogen-bond donors (Lipinski definition) is 0. The summed E-state index contributed by atoms with van der Waals surface area (Å²) in [6.07, 6.45) is 6.97. The van der Waals surface area contributed by atoms with Gasteiger partial charge in [0.05, 0.1) is 5.38 Å². The molecule has 0 aromatic rings. The molecule has 1 aliphatic heterocycles. The molecular weight excluding hydrogens is 194 g/mol. The minimum Gasteiger partial charge on any atom is -0.297 e. The fourth-order valence-corrected chi connectivity index (χ4v) is 2.86. The molecule has 1 unspecified atom stereocenters. The lowest BCUT2D eigenvalue weighted by molar-refractivity contribution is 0.150. The summed E-state index contributed by atoms with van der Waals surface area (Å²) in [5.74, 6) is 1.03. The van der Waals surface area contributed by atoms with Gasteiger partial charge in [-0.25, -0.2) is 0 Å². The summed E-state index contributed by atoms with van der Waals surface area (Å²) in [6, 6.07) is 0. The predicted octanol–water partition coefficient (Wildman–Crippen LogP) is 3.27. The van der Waals surface area contributed by atoms with Gasteiger partial charge in [-0.2, -0.15) is 0 Å². The van der Waals surface area contributed by atoms with Crippen LogP contribution in [0.5, 0.6) is 0 Å². The summed E-state index contributed by atoms with van der Waals surface area (Å²) in [7, 11) is 0. The Balaban J connectivity index is 1.79. The van der Waals surface area contributed by atoms with Crippen LogP contribution in [0.1, 0.15) is 46.0 Å². The van der Waals surface area contributed by atoms with Crippen LogP contribution in [-0.4, -0.2) is 28.9 Å². The minimum absolute atomic E-state index is 0.227. The van der Waals surface area contributed by atoms with Crippen molar-refractivity contribution >= 4 is 11.6 Å². The van der Waals surface area contributed by atoms with Gasteiger partial charge in [0, 0.05) is 12.1 Å². The van der Waals surface area contributed by atoms with E-state index in [-0.39, 0.29) is 5.54 Å². The van der Waals surface area contributed by atoms with Crippen LogP contribution >= 0.6 is 11.6 Å². The SMILES string of the molecule is CC1(C)C(Cl)CCN1CCC1CCC1. The van der Waals surface area contributed by atoms with E-state index < -0.39 is 0 Å². The van der Waals surface area contributed by atoms with Crippen molar-refractivity contribution in [2.45, 2.75) is 56.9 Å². The van der Waals surface area contributed by atoms with Crippen LogP contribution < -0.4 is 0 Å². The maximum absolute atomic E-state index is 6.32. The van der Waals surface area contributed by atoms with Gasteiger partial charge in [0.25, 0.3) is 0 Å². The van der Waals surface area contributed by atoms with Gasteiger partial charge < -0.3 is 0 Å². The van der Waals surface area contributed by atoms with Gasteiger partial charge in [-0.1, -0.05) is 19.3 Å². The Kier molecular flexibility index (Phi) is 3.09. The van der Waals surface area contributed by atoms with E-state index in [9.17, 15) is 0 Å². The zero-order valence-corrected chi connectivity index (χ0v) is 10.2. The second kappa shape index (κ2) is 4.02. The third-order valence-corrected chi connectivity index (χ3v) is 5.02. The Bertz CT molecular complexity index is 198. The third-order valence-electron chi connectivity index (χ3n) is 4.27. The Hall–Kier alpha value is 0.250. The number of halogens is 1. The first-order chi connectivity index (χ1) is 6.60. The lowest BCUT2D eigenvalue weighted by Gasteiger charge is -2.36. The molecular formula is C12H22ClN. The van der Waals surface area contributed by atoms with Gasteiger partial charge >= 0.3 is 0 Å². The Morgan fingerprint density at radius 3 is 2.43 bits per heavy atom. The van der Waals surface area contributed by atoms with Gasteiger partial charge in [0.1, 0.15) is 0 Å². The molecule has 1 nitrogen and oxygen atoms in total. The normalized spacial score (nSPS) is 33.2. The van der Waals surface area contributed by atoms with Gasteiger partial charge in [-0.05, 0) is 39.2 Å². The molecule has 0 aromatic carbocycles. The highest BCUT2D eigenvalue weighted by Gasteiger charge is 2.39. The van der Waals surface area contributed by atoms with Crippen molar-refractivity contribution < 1.29 is 0 Å². The summed E-state index contributed by atoms with van der Waals surface area (Å²) in [6.45, 7) is 7.05. The molecule has 1 heterocycles. The summed E-state index contributed by atoms with van der Waals surface area (Å²) < 4.78 is 0. The topological polar surface area (TPSA) is 3.24 Å². The fraction of sp³-hybridized carbons (Fsp3) is 1.00. The second-order valence-corrected chi connectivity index (χ2v) is 6.01. The lowest BCUT2D eigenvalue weighted by Crippen LogP contribution is -2.44. The molecule has 82 valence electrons. The van der Waals surface area contributed by atoms with E-state index in [4.69, 9.17) is 11.6 Å². The molecule has 0 N–H and O–H groups in total. The molecule has 2 aliphatic rings. The zero-order chi connectivity index (χ0) is 10.2. The molecule has 0 radical (unpaired) electrons. The number of nitrogens with zero attached hydrogens (tertiary/aromatic N) is 1. The molecule has 2 fully saturated rings. The van der Waals surface area contributed by atoms with E-state index in [1.807, 2.05) is 0 Å². The molecule has 14 heavy (non-hydrogen) atoms. The third kappa shape index (κ3) is 1.94. The average molecular weight is 216 g/mol. The molecule has 1 saturated carbocycles. The number of likely N-dealkylation sites (tertiary alicyclic amines) is 1. The first-order valence-electron chi connectivity index (χ1n) is 6.00. The highest BCUT2D eigenvalue weighted by molar-refractivity contribution is 6.21. The first-order valence-corrected chi connectivity index (χ1v) is 6.43. The molecule has 2 heteroatoms. The van der Waals surface area contributed by atoms with Crippen molar-refractivity contribution in [2.24, 2.45) is 5.92 Å². The van der Waals surface area contributed by atoms with Gasteiger partial charge in [-0.3, -0.25) is 4.90 Å². The molecule has 1 aliphatic carbocycles. The van der Waals surface area contributed by atoms with Crippen LogP contribution in [0, 0.1) is 5.92 Å². The van der Waals surface area contributed by atoms with Crippen LogP contribution in [0.15, 0.2) is 0 Å². The van der Waals surface area contributed by atoms with Crippen LogP contribution in [0.2, 0.25) is 0 Å². The standard InChI is InChI=1S/C12H22ClN/c1-12(2)11(13)7-9-14(12)8-6-10-4-3-5-10/h10-11H,3-9H2,1-2H3. The zero-order valence-electron chi connectivity index (χ0n) is 9.43. The van der Waals surface area contributed by atoms with Crippen molar-refractivity contribution in [2.75, 3.05) is 13.1 Å². The van der Waals surface area contributed by atoms with Crippen molar-refractivity contribution in [3.05, 3.63) is 0 Å². The van der Waals surface area contributed by atoms with Gasteiger partial charge in [0.2, 0.25) is 0 Å². The molecule has 1 atom stereocenters. The van der Waals surface area contributed by atoms with Crippen LogP contribution in [0.3, 0.4) is 0 Å². The van der Waals surface area contributed by atoms with E-state index in [0.717, 1.165) is 5.92 Å².